The highest BCUT2D eigenvalue weighted by Crippen LogP contribution is 2.61. The van der Waals surface area contributed by atoms with E-state index in [0.29, 0.717) is 11.1 Å². The van der Waals surface area contributed by atoms with Crippen molar-refractivity contribution in [1.29, 1.82) is 10.5 Å². The van der Waals surface area contributed by atoms with Gasteiger partial charge in [-0.3, -0.25) is 0 Å². The molecule has 0 radical (unpaired) electrons. The molecule has 2 heterocycles. The second-order valence-electron chi connectivity index (χ2n) is 4.53. The molecule has 0 bridgehead atoms. The third-order valence-electron chi connectivity index (χ3n) is 3.12. The van der Waals surface area contributed by atoms with Crippen LogP contribution in [0.15, 0.2) is 64.5 Å². The standard InChI is InChI=1S/C16H6N2S4/c17-7-9-1-3-11-13(5-9)21-15(19-11)16-20-12-4-2-10(8-18)6-14(12)22-16/h1-6H/b16-15+. The van der Waals surface area contributed by atoms with Crippen LogP contribution >= 0.6 is 47.0 Å². The molecule has 0 spiro atoms. The van der Waals surface area contributed by atoms with Gasteiger partial charge in [-0.15, -0.1) is 0 Å². The van der Waals surface area contributed by atoms with Crippen LogP contribution in [0.25, 0.3) is 0 Å². The van der Waals surface area contributed by atoms with E-state index in [1.807, 2.05) is 36.4 Å². The smallest absolute Gasteiger partial charge is 0.0992 e. The molecular weight excluding hydrogens is 348 g/mol. The van der Waals surface area contributed by atoms with Gasteiger partial charge in [0, 0.05) is 19.6 Å². The Hall–Kier alpha value is -1.44. The summed E-state index contributed by atoms with van der Waals surface area (Å²) in [7, 11) is 0. The normalized spacial score (nSPS) is 18.5. The Morgan fingerprint density at radius 1 is 0.591 bits per heavy atom. The number of benzene rings is 2. The Morgan fingerprint density at radius 3 is 1.41 bits per heavy atom. The number of fused-ring (bicyclic) bond motifs is 2. The predicted molar refractivity (Wildman–Crippen MR) is 92.8 cm³/mol. The molecule has 0 aliphatic carbocycles. The number of rotatable bonds is 0. The number of nitrogens with zero attached hydrogens (tertiary/aromatic N) is 2. The zero-order valence-corrected chi connectivity index (χ0v) is 14.3. The molecule has 0 aromatic heterocycles. The summed E-state index contributed by atoms with van der Waals surface area (Å²) in [5.74, 6) is 0. The molecule has 104 valence electrons. The zero-order chi connectivity index (χ0) is 15.1. The largest absolute Gasteiger partial charge is 0.192 e. The molecule has 2 aromatic carbocycles. The summed E-state index contributed by atoms with van der Waals surface area (Å²) in [5, 5.41) is 18.0. The minimum atomic E-state index is 0.701. The van der Waals surface area contributed by atoms with Crippen LogP contribution in [0.5, 0.6) is 0 Å². The summed E-state index contributed by atoms with van der Waals surface area (Å²) in [4.78, 5) is 4.73. The Labute approximate surface area is 145 Å². The van der Waals surface area contributed by atoms with E-state index in [1.54, 1.807) is 47.0 Å². The molecule has 2 aromatic rings. The minimum absolute atomic E-state index is 0.701. The molecule has 4 rings (SSSR count). The van der Waals surface area contributed by atoms with Crippen molar-refractivity contribution >= 4 is 47.0 Å². The molecule has 0 fully saturated rings. The van der Waals surface area contributed by atoms with Crippen LogP contribution in [0.1, 0.15) is 11.1 Å². The minimum Gasteiger partial charge on any atom is -0.192 e. The lowest BCUT2D eigenvalue weighted by Gasteiger charge is -1.98. The number of thioether (sulfide) groups is 4. The van der Waals surface area contributed by atoms with Gasteiger partial charge in [0.2, 0.25) is 0 Å². The molecule has 2 aliphatic heterocycles. The summed E-state index contributed by atoms with van der Waals surface area (Å²) in [6.45, 7) is 0. The van der Waals surface area contributed by atoms with E-state index in [-0.39, 0.29) is 0 Å². The van der Waals surface area contributed by atoms with E-state index in [2.05, 4.69) is 12.1 Å². The van der Waals surface area contributed by atoms with Crippen molar-refractivity contribution in [1.82, 2.24) is 0 Å². The summed E-state index contributed by atoms with van der Waals surface area (Å²) >= 11 is 6.98. The molecule has 0 saturated heterocycles. The molecule has 22 heavy (non-hydrogen) atoms. The lowest BCUT2D eigenvalue weighted by molar-refractivity contribution is 1.25. The Bertz CT molecular complexity index is 843. The highest BCUT2D eigenvalue weighted by Gasteiger charge is 2.27. The second kappa shape index (κ2) is 5.64. The molecule has 6 heteroatoms. The van der Waals surface area contributed by atoms with Crippen molar-refractivity contribution in [2.24, 2.45) is 0 Å². The highest BCUT2D eigenvalue weighted by molar-refractivity contribution is 8.30. The molecule has 0 atom stereocenters. The lowest BCUT2D eigenvalue weighted by Crippen LogP contribution is -1.75. The fourth-order valence-corrected chi connectivity index (χ4v) is 7.43. The van der Waals surface area contributed by atoms with Gasteiger partial charge in [-0.1, -0.05) is 47.0 Å². The number of hydrogen-bond donors (Lipinski definition) is 0. The summed E-state index contributed by atoms with van der Waals surface area (Å²) in [6.07, 6.45) is 0. The van der Waals surface area contributed by atoms with Gasteiger partial charge >= 0.3 is 0 Å². The molecule has 2 nitrogen and oxygen atoms in total. The third kappa shape index (κ3) is 2.43. The lowest BCUT2D eigenvalue weighted by atomic mass is 10.2. The van der Waals surface area contributed by atoms with E-state index in [4.69, 9.17) is 10.5 Å². The van der Waals surface area contributed by atoms with Crippen molar-refractivity contribution in [2.75, 3.05) is 0 Å². The Kier molecular flexibility index (Phi) is 3.63. The average Bonchev–Trinajstić information content (AvgIpc) is 3.16. The number of nitriles is 2. The van der Waals surface area contributed by atoms with Gasteiger partial charge in [0.15, 0.2) is 0 Å². The Balaban J connectivity index is 1.66. The van der Waals surface area contributed by atoms with Crippen LogP contribution < -0.4 is 0 Å². The first-order valence-corrected chi connectivity index (χ1v) is 9.57. The maximum atomic E-state index is 9.00. The van der Waals surface area contributed by atoms with Crippen molar-refractivity contribution in [3.8, 4) is 12.1 Å². The fourth-order valence-electron chi connectivity index (χ4n) is 2.09. The van der Waals surface area contributed by atoms with E-state index in [0.717, 1.165) is 9.79 Å². The zero-order valence-electron chi connectivity index (χ0n) is 11.0. The maximum Gasteiger partial charge on any atom is 0.0992 e. The van der Waals surface area contributed by atoms with Gasteiger partial charge in [-0.25, -0.2) is 0 Å². The van der Waals surface area contributed by atoms with Gasteiger partial charge < -0.3 is 0 Å². The van der Waals surface area contributed by atoms with Crippen LogP contribution in [0.2, 0.25) is 0 Å². The van der Waals surface area contributed by atoms with Gasteiger partial charge in [-0.05, 0) is 36.4 Å². The van der Waals surface area contributed by atoms with Gasteiger partial charge in [-0.2, -0.15) is 10.5 Å². The SMILES string of the molecule is N#Cc1ccc2c(c1)S/C(=C1\Sc3ccc(C#N)cc3S1)S2. The predicted octanol–water partition coefficient (Wildman–Crippen LogP) is 5.65. The van der Waals surface area contributed by atoms with Gasteiger partial charge in [0.05, 0.1) is 31.7 Å². The quantitative estimate of drug-likeness (QED) is 0.609. The van der Waals surface area contributed by atoms with Crippen LogP contribution in [0.3, 0.4) is 0 Å². The van der Waals surface area contributed by atoms with Crippen LogP contribution in [0, 0.1) is 22.7 Å². The summed E-state index contributed by atoms with van der Waals surface area (Å²) < 4.78 is 2.52. The summed E-state index contributed by atoms with van der Waals surface area (Å²) in [5.41, 5.74) is 1.40. The fraction of sp³-hybridized carbons (Fsp3) is 0. The van der Waals surface area contributed by atoms with Crippen LogP contribution in [0.4, 0.5) is 0 Å². The monoisotopic (exact) mass is 354 g/mol. The van der Waals surface area contributed by atoms with Crippen LogP contribution in [-0.4, -0.2) is 0 Å². The van der Waals surface area contributed by atoms with Crippen molar-refractivity contribution in [3.05, 3.63) is 56.0 Å². The van der Waals surface area contributed by atoms with E-state index >= 15 is 0 Å². The first-order chi connectivity index (χ1) is 10.8. The van der Waals surface area contributed by atoms with Crippen molar-refractivity contribution < 1.29 is 0 Å². The first-order valence-electron chi connectivity index (χ1n) is 6.31. The van der Waals surface area contributed by atoms with E-state index < -0.39 is 0 Å². The first kappa shape index (κ1) is 14.2. The maximum absolute atomic E-state index is 9.00. The topological polar surface area (TPSA) is 47.6 Å². The van der Waals surface area contributed by atoms with Crippen LogP contribution in [-0.2, 0) is 0 Å². The van der Waals surface area contributed by atoms with E-state index in [1.165, 1.54) is 18.3 Å². The Morgan fingerprint density at radius 2 is 1.00 bits per heavy atom. The van der Waals surface area contributed by atoms with Crippen molar-refractivity contribution in [3.63, 3.8) is 0 Å². The summed E-state index contributed by atoms with van der Waals surface area (Å²) in [6, 6.07) is 16.0. The van der Waals surface area contributed by atoms with Crippen molar-refractivity contribution in [2.45, 2.75) is 19.6 Å². The highest BCUT2D eigenvalue weighted by atomic mass is 32.2. The third-order valence-corrected chi connectivity index (χ3v) is 8.72. The van der Waals surface area contributed by atoms with Gasteiger partial charge in [0.1, 0.15) is 0 Å². The average molecular weight is 355 g/mol. The second-order valence-corrected chi connectivity index (χ2v) is 9.26. The number of hydrogen-bond acceptors (Lipinski definition) is 6. The molecule has 0 N–H and O–H groups in total. The van der Waals surface area contributed by atoms with Gasteiger partial charge in [0.25, 0.3) is 0 Å². The molecule has 2 aliphatic rings. The molecule has 0 saturated carbocycles. The molecular formula is C16H6N2S4. The molecule has 0 unspecified atom stereocenters. The molecule has 0 amide bonds. The van der Waals surface area contributed by atoms with E-state index in [9.17, 15) is 0 Å².